The van der Waals surface area contributed by atoms with Gasteiger partial charge in [-0.15, -0.1) is 0 Å². The van der Waals surface area contributed by atoms with E-state index < -0.39 is 5.97 Å². The number of aliphatic imine (C=N–C) groups is 1. The van der Waals surface area contributed by atoms with Crippen LogP contribution in [0, 0.1) is 0 Å². The van der Waals surface area contributed by atoms with Gasteiger partial charge in [-0.3, -0.25) is 0 Å². The summed E-state index contributed by atoms with van der Waals surface area (Å²) in [6.45, 7) is 3.92. The van der Waals surface area contributed by atoms with E-state index in [1.165, 1.54) is 0 Å². The van der Waals surface area contributed by atoms with Gasteiger partial charge in [-0.25, -0.2) is 9.79 Å². The highest BCUT2D eigenvalue weighted by Crippen LogP contribution is 2.18. The van der Waals surface area contributed by atoms with E-state index in [0.717, 1.165) is 5.75 Å². The summed E-state index contributed by atoms with van der Waals surface area (Å²) in [5.41, 5.74) is 0.960. The third-order valence-corrected chi connectivity index (χ3v) is 2.13. The molecule has 0 radical (unpaired) electrons. The van der Waals surface area contributed by atoms with Gasteiger partial charge >= 0.3 is 5.97 Å². The highest BCUT2D eigenvalue weighted by Gasteiger charge is 2.08. The van der Waals surface area contributed by atoms with Gasteiger partial charge in [0.1, 0.15) is 11.5 Å². The normalized spacial score (nSPS) is 11.6. The Balaban J connectivity index is 2.96. The lowest BCUT2D eigenvalue weighted by Crippen LogP contribution is -2.15. The predicted molar refractivity (Wildman–Crippen MR) is 71.5 cm³/mol. The number of methoxy groups -OCH3 is 1. The van der Waals surface area contributed by atoms with Gasteiger partial charge in [-0.1, -0.05) is 6.08 Å². The summed E-state index contributed by atoms with van der Waals surface area (Å²) in [6.07, 6.45) is 3.38. The van der Waals surface area contributed by atoms with Crippen molar-refractivity contribution in [2.45, 2.75) is 13.8 Å². The van der Waals surface area contributed by atoms with Crippen LogP contribution in [0.3, 0.4) is 0 Å². The third-order valence-electron chi connectivity index (χ3n) is 2.13. The molecule has 4 nitrogen and oxygen atoms in total. The van der Waals surface area contributed by atoms with E-state index in [4.69, 9.17) is 9.47 Å². The van der Waals surface area contributed by atoms with Gasteiger partial charge in [0, 0.05) is 0 Å². The molecule has 0 aliphatic heterocycles. The standard InChI is InChI=1S/C14H17NO3/c1-4-6-13(14(16)18-5-2)15-11-7-9-12(17-3)10-8-11/h4,6-10H,5H2,1-3H3/b6-4+,15-13?. The molecule has 0 N–H and O–H groups in total. The molecular weight excluding hydrogens is 230 g/mol. The number of nitrogens with zero attached hydrogens (tertiary/aromatic N) is 1. The summed E-state index contributed by atoms with van der Waals surface area (Å²) in [7, 11) is 1.60. The molecule has 1 aromatic rings. The number of carbonyl (C=O) groups is 1. The first-order chi connectivity index (χ1) is 8.71. The van der Waals surface area contributed by atoms with Crippen LogP contribution in [-0.4, -0.2) is 25.4 Å². The van der Waals surface area contributed by atoms with Gasteiger partial charge < -0.3 is 9.47 Å². The van der Waals surface area contributed by atoms with Crippen LogP contribution in [0.5, 0.6) is 5.75 Å². The fraction of sp³-hybridized carbons (Fsp3) is 0.286. The number of hydrogen-bond donors (Lipinski definition) is 0. The molecule has 0 bridgehead atoms. The molecule has 0 aliphatic carbocycles. The van der Waals surface area contributed by atoms with Crippen LogP contribution in [0.25, 0.3) is 0 Å². The van der Waals surface area contributed by atoms with E-state index in [0.29, 0.717) is 12.3 Å². The molecule has 18 heavy (non-hydrogen) atoms. The largest absolute Gasteiger partial charge is 0.497 e. The Hall–Kier alpha value is -2.10. The Morgan fingerprint density at radius 2 is 2.00 bits per heavy atom. The minimum Gasteiger partial charge on any atom is -0.497 e. The fourth-order valence-electron chi connectivity index (χ4n) is 1.31. The number of rotatable bonds is 5. The zero-order valence-electron chi connectivity index (χ0n) is 10.8. The molecule has 0 saturated heterocycles. The maximum absolute atomic E-state index is 11.6. The van der Waals surface area contributed by atoms with E-state index >= 15 is 0 Å². The number of carbonyl (C=O) groups excluding carboxylic acids is 1. The van der Waals surface area contributed by atoms with Crippen molar-refractivity contribution in [1.29, 1.82) is 0 Å². The average molecular weight is 247 g/mol. The molecule has 0 atom stereocenters. The molecule has 4 heteroatoms. The zero-order valence-corrected chi connectivity index (χ0v) is 10.8. The lowest BCUT2D eigenvalue weighted by Gasteiger charge is -2.03. The van der Waals surface area contributed by atoms with Gasteiger partial charge in [0.25, 0.3) is 0 Å². The smallest absolute Gasteiger partial charge is 0.356 e. The Labute approximate surface area is 107 Å². The first-order valence-electron chi connectivity index (χ1n) is 5.73. The van der Waals surface area contributed by atoms with Crippen LogP contribution in [0.2, 0.25) is 0 Å². The van der Waals surface area contributed by atoms with E-state index in [-0.39, 0.29) is 5.71 Å². The quantitative estimate of drug-likeness (QED) is 0.593. The summed E-state index contributed by atoms with van der Waals surface area (Å²) < 4.78 is 9.98. The molecule has 1 aromatic carbocycles. The molecule has 0 fully saturated rings. The molecular formula is C14H17NO3. The molecule has 0 heterocycles. The second-order valence-corrected chi connectivity index (χ2v) is 3.42. The Bertz CT molecular complexity index is 447. The highest BCUT2D eigenvalue weighted by molar-refractivity contribution is 6.41. The van der Waals surface area contributed by atoms with Crippen molar-refractivity contribution in [2.75, 3.05) is 13.7 Å². The second-order valence-electron chi connectivity index (χ2n) is 3.42. The van der Waals surface area contributed by atoms with Gasteiger partial charge in [0.2, 0.25) is 0 Å². The highest BCUT2D eigenvalue weighted by atomic mass is 16.5. The molecule has 0 aromatic heterocycles. The number of allylic oxidation sites excluding steroid dienone is 1. The molecule has 0 aliphatic rings. The number of esters is 1. The first-order valence-corrected chi connectivity index (χ1v) is 5.73. The first kappa shape index (κ1) is 14.0. The minimum atomic E-state index is -0.425. The summed E-state index contributed by atoms with van der Waals surface area (Å²) >= 11 is 0. The van der Waals surface area contributed by atoms with Crippen LogP contribution in [-0.2, 0) is 9.53 Å². The van der Waals surface area contributed by atoms with Gasteiger partial charge in [0.05, 0.1) is 19.4 Å². The maximum Gasteiger partial charge on any atom is 0.356 e. The number of hydrogen-bond acceptors (Lipinski definition) is 4. The van der Waals surface area contributed by atoms with E-state index in [2.05, 4.69) is 4.99 Å². The van der Waals surface area contributed by atoms with Crippen LogP contribution >= 0.6 is 0 Å². The second kappa shape index (κ2) is 7.27. The molecule has 0 unspecified atom stereocenters. The van der Waals surface area contributed by atoms with E-state index in [1.807, 2.05) is 6.92 Å². The Morgan fingerprint density at radius 3 is 2.50 bits per heavy atom. The summed E-state index contributed by atoms with van der Waals surface area (Å²) in [4.78, 5) is 15.9. The SMILES string of the molecule is C/C=C/C(=Nc1ccc(OC)cc1)C(=O)OCC. The summed E-state index contributed by atoms with van der Waals surface area (Å²) in [5, 5.41) is 0. The monoisotopic (exact) mass is 247 g/mol. The molecule has 0 saturated carbocycles. The number of ether oxygens (including phenoxy) is 2. The van der Waals surface area contributed by atoms with Crippen molar-refractivity contribution in [3.05, 3.63) is 36.4 Å². The van der Waals surface area contributed by atoms with Gasteiger partial charge in [-0.2, -0.15) is 0 Å². The summed E-state index contributed by atoms with van der Waals surface area (Å²) in [6, 6.07) is 7.14. The predicted octanol–water partition coefficient (Wildman–Crippen LogP) is 2.91. The third kappa shape index (κ3) is 4.05. The van der Waals surface area contributed by atoms with Crippen molar-refractivity contribution in [3.8, 4) is 5.75 Å². The van der Waals surface area contributed by atoms with Crippen LogP contribution < -0.4 is 4.74 Å². The lowest BCUT2D eigenvalue weighted by atomic mass is 10.3. The molecule has 0 amide bonds. The van der Waals surface area contributed by atoms with Crippen molar-refractivity contribution in [3.63, 3.8) is 0 Å². The minimum absolute atomic E-state index is 0.282. The van der Waals surface area contributed by atoms with E-state index in [1.54, 1.807) is 50.5 Å². The topological polar surface area (TPSA) is 47.9 Å². The maximum atomic E-state index is 11.6. The average Bonchev–Trinajstić information content (AvgIpc) is 2.39. The molecule has 96 valence electrons. The van der Waals surface area contributed by atoms with Crippen LogP contribution in [0.4, 0.5) is 5.69 Å². The van der Waals surface area contributed by atoms with Crippen molar-refractivity contribution < 1.29 is 14.3 Å². The number of benzene rings is 1. The lowest BCUT2D eigenvalue weighted by molar-refractivity contribution is -0.134. The molecule has 1 rings (SSSR count). The van der Waals surface area contributed by atoms with Crippen LogP contribution in [0.1, 0.15) is 13.8 Å². The Kier molecular flexibility index (Phi) is 5.64. The van der Waals surface area contributed by atoms with Gasteiger partial charge in [-0.05, 0) is 44.2 Å². The zero-order chi connectivity index (χ0) is 13.4. The Morgan fingerprint density at radius 1 is 1.33 bits per heavy atom. The van der Waals surface area contributed by atoms with E-state index in [9.17, 15) is 4.79 Å². The van der Waals surface area contributed by atoms with Crippen LogP contribution in [0.15, 0.2) is 41.4 Å². The van der Waals surface area contributed by atoms with Crippen molar-refractivity contribution >= 4 is 17.4 Å². The van der Waals surface area contributed by atoms with Gasteiger partial charge in [0.15, 0.2) is 0 Å². The fourth-order valence-corrected chi connectivity index (χ4v) is 1.31. The van der Waals surface area contributed by atoms with Crippen molar-refractivity contribution in [1.82, 2.24) is 0 Å². The van der Waals surface area contributed by atoms with Crippen molar-refractivity contribution in [2.24, 2.45) is 4.99 Å². The summed E-state index contributed by atoms with van der Waals surface area (Å²) in [5.74, 6) is 0.323. The molecule has 0 spiro atoms.